The first kappa shape index (κ1) is 34.2. The van der Waals surface area contributed by atoms with Crippen molar-refractivity contribution < 1.29 is 23.5 Å². The van der Waals surface area contributed by atoms with Gasteiger partial charge in [-0.1, -0.05) is 30.3 Å². The SMILES string of the molecule is Cc1ccc(-c2nn(C)c(=O)o2)cc1N(CC(=O)NCCN(C(=O)OC(C)(C)C)C(C)C)CC(=O)N(C)N1Cc2ccccc2C1. The van der Waals surface area contributed by atoms with E-state index >= 15 is 0 Å². The zero-order valence-corrected chi connectivity index (χ0v) is 28.0. The van der Waals surface area contributed by atoms with E-state index in [1.807, 2.05) is 44.0 Å². The standard InChI is InChI=1S/C33H45N7O6/c1-22(2)40(32(44)46-33(4,5)6)16-15-34-28(41)20-38(21-29(42)37(8)39-18-25-11-9-10-12-26(25)19-39)27-17-24(14-13-23(27)3)30-35-36(7)31(43)45-30/h9-14,17,22H,15-16,18-21H2,1-8H3,(H,34,41). The van der Waals surface area contributed by atoms with Crippen molar-refractivity contribution >= 4 is 23.6 Å². The number of carbonyl (C=O) groups excluding carboxylic acids is 3. The number of amides is 3. The normalized spacial score (nSPS) is 13.0. The summed E-state index contributed by atoms with van der Waals surface area (Å²) in [5.41, 5.74) is 3.65. The number of hydrogen-bond donors (Lipinski definition) is 1. The third kappa shape index (κ3) is 8.53. The molecule has 1 aliphatic heterocycles. The molecule has 0 unspecified atom stereocenters. The number of hydrogen-bond acceptors (Lipinski definition) is 9. The van der Waals surface area contributed by atoms with Gasteiger partial charge >= 0.3 is 11.8 Å². The van der Waals surface area contributed by atoms with Crippen molar-refractivity contribution in [3.63, 3.8) is 0 Å². The fourth-order valence-electron chi connectivity index (χ4n) is 5.15. The monoisotopic (exact) mass is 635 g/mol. The number of ether oxygens (including phenoxy) is 1. The Hall–Kier alpha value is -4.65. The number of fused-ring (bicyclic) bond motifs is 1. The number of nitrogens with zero attached hydrogens (tertiary/aromatic N) is 6. The lowest BCUT2D eigenvalue weighted by Crippen LogP contribution is -2.49. The maximum Gasteiger partial charge on any atom is 0.437 e. The molecule has 2 heterocycles. The lowest BCUT2D eigenvalue weighted by Gasteiger charge is -2.32. The Labute approximate surface area is 269 Å². The predicted octanol–water partition coefficient (Wildman–Crippen LogP) is 3.31. The third-order valence-corrected chi connectivity index (χ3v) is 7.68. The van der Waals surface area contributed by atoms with Crippen LogP contribution in [0.5, 0.6) is 0 Å². The van der Waals surface area contributed by atoms with E-state index in [9.17, 15) is 19.2 Å². The Bertz CT molecular complexity index is 1600. The van der Waals surface area contributed by atoms with Crippen LogP contribution in [0.25, 0.3) is 11.5 Å². The number of hydrazine groups is 1. The van der Waals surface area contributed by atoms with Crippen molar-refractivity contribution in [2.24, 2.45) is 7.05 Å². The van der Waals surface area contributed by atoms with Gasteiger partial charge in [-0.2, -0.15) is 4.68 Å². The number of benzene rings is 2. The second-order valence-corrected chi connectivity index (χ2v) is 12.8. The van der Waals surface area contributed by atoms with Crippen molar-refractivity contribution in [2.75, 3.05) is 38.1 Å². The zero-order valence-electron chi connectivity index (χ0n) is 28.0. The highest BCUT2D eigenvalue weighted by molar-refractivity contribution is 5.87. The van der Waals surface area contributed by atoms with Crippen molar-refractivity contribution in [2.45, 2.75) is 66.3 Å². The molecule has 1 aromatic heterocycles. The van der Waals surface area contributed by atoms with Crippen molar-refractivity contribution in [1.29, 1.82) is 0 Å². The number of rotatable bonds is 11. The molecular weight excluding hydrogens is 590 g/mol. The molecule has 1 aliphatic rings. The Balaban J connectivity index is 1.52. The highest BCUT2D eigenvalue weighted by Crippen LogP contribution is 2.28. The molecule has 0 fully saturated rings. The van der Waals surface area contributed by atoms with Gasteiger partial charge < -0.3 is 24.3 Å². The molecule has 3 aromatic rings. The summed E-state index contributed by atoms with van der Waals surface area (Å²) in [5, 5.41) is 10.6. The van der Waals surface area contributed by atoms with Gasteiger partial charge in [0.1, 0.15) is 5.60 Å². The Morgan fingerprint density at radius 1 is 1.07 bits per heavy atom. The molecule has 13 nitrogen and oxygen atoms in total. The highest BCUT2D eigenvalue weighted by atomic mass is 16.6. The molecule has 0 radical (unpaired) electrons. The van der Waals surface area contributed by atoms with Crippen LogP contribution in [0.2, 0.25) is 0 Å². The zero-order chi connectivity index (χ0) is 33.8. The molecule has 3 amide bonds. The van der Waals surface area contributed by atoms with Crippen LogP contribution in [0.15, 0.2) is 51.7 Å². The molecule has 13 heteroatoms. The number of aryl methyl sites for hydroxylation is 2. The largest absolute Gasteiger partial charge is 0.444 e. The van der Waals surface area contributed by atoms with Gasteiger partial charge in [0.25, 0.3) is 5.91 Å². The topological polar surface area (TPSA) is 133 Å². The Morgan fingerprint density at radius 3 is 2.28 bits per heavy atom. The van der Waals surface area contributed by atoms with Crippen LogP contribution in [0.1, 0.15) is 51.3 Å². The predicted molar refractivity (Wildman–Crippen MR) is 174 cm³/mol. The van der Waals surface area contributed by atoms with E-state index in [1.165, 1.54) is 18.2 Å². The van der Waals surface area contributed by atoms with E-state index in [2.05, 4.69) is 22.5 Å². The molecule has 0 saturated heterocycles. The van der Waals surface area contributed by atoms with E-state index in [1.54, 1.807) is 54.8 Å². The fourth-order valence-corrected chi connectivity index (χ4v) is 5.15. The molecular formula is C33H45N7O6. The molecule has 1 N–H and O–H groups in total. The van der Waals surface area contributed by atoms with E-state index < -0.39 is 17.5 Å². The van der Waals surface area contributed by atoms with Gasteiger partial charge in [-0.25, -0.2) is 14.6 Å². The number of anilines is 1. The van der Waals surface area contributed by atoms with Gasteiger partial charge in [0.2, 0.25) is 11.8 Å². The average Bonchev–Trinajstić information content (AvgIpc) is 3.56. The second-order valence-electron chi connectivity index (χ2n) is 12.8. The molecule has 46 heavy (non-hydrogen) atoms. The second kappa shape index (κ2) is 14.2. The van der Waals surface area contributed by atoms with Gasteiger partial charge in [-0.15, -0.1) is 5.10 Å². The van der Waals surface area contributed by atoms with E-state index in [-0.39, 0.29) is 49.9 Å². The summed E-state index contributed by atoms with van der Waals surface area (Å²) >= 11 is 0. The summed E-state index contributed by atoms with van der Waals surface area (Å²) in [6.07, 6.45) is -0.454. The maximum absolute atomic E-state index is 13.7. The molecule has 0 aliphatic carbocycles. The number of aromatic nitrogens is 2. The van der Waals surface area contributed by atoms with Gasteiger partial charge in [0.15, 0.2) is 0 Å². The van der Waals surface area contributed by atoms with Gasteiger partial charge in [-0.3, -0.25) is 14.6 Å². The van der Waals surface area contributed by atoms with E-state index in [0.29, 0.717) is 24.3 Å². The highest BCUT2D eigenvalue weighted by Gasteiger charge is 2.28. The lowest BCUT2D eigenvalue weighted by molar-refractivity contribution is -0.145. The minimum Gasteiger partial charge on any atom is -0.444 e. The summed E-state index contributed by atoms with van der Waals surface area (Å²) in [6.45, 7) is 12.5. The minimum atomic E-state index is -0.643. The van der Waals surface area contributed by atoms with Gasteiger partial charge in [-0.05, 0) is 70.4 Å². The Kier molecular flexibility index (Phi) is 10.6. The molecule has 4 rings (SSSR count). The van der Waals surface area contributed by atoms with Crippen LogP contribution in [0.4, 0.5) is 10.5 Å². The van der Waals surface area contributed by atoms with Crippen LogP contribution >= 0.6 is 0 Å². The van der Waals surface area contributed by atoms with E-state index in [0.717, 1.165) is 10.2 Å². The summed E-state index contributed by atoms with van der Waals surface area (Å²) < 4.78 is 11.9. The lowest BCUT2D eigenvalue weighted by atomic mass is 10.1. The van der Waals surface area contributed by atoms with Crippen LogP contribution in [0.3, 0.4) is 0 Å². The first-order chi connectivity index (χ1) is 21.6. The first-order valence-electron chi connectivity index (χ1n) is 15.4. The van der Waals surface area contributed by atoms with Gasteiger partial charge in [0.05, 0.1) is 13.1 Å². The number of carbonyl (C=O) groups is 3. The van der Waals surface area contributed by atoms with Crippen molar-refractivity contribution in [3.05, 3.63) is 69.7 Å². The van der Waals surface area contributed by atoms with Crippen LogP contribution < -0.4 is 16.0 Å². The fraction of sp³-hybridized carbons (Fsp3) is 0.485. The molecule has 0 atom stereocenters. The first-order valence-corrected chi connectivity index (χ1v) is 15.4. The maximum atomic E-state index is 13.7. The van der Waals surface area contributed by atoms with Crippen LogP contribution in [0, 0.1) is 6.92 Å². The summed E-state index contributed by atoms with van der Waals surface area (Å²) in [5.74, 6) is -0.997. The number of likely N-dealkylation sites (N-methyl/N-ethyl adjacent to an activating group) is 1. The molecule has 2 aromatic carbocycles. The number of nitrogens with one attached hydrogen (secondary N) is 1. The molecule has 0 bridgehead atoms. The van der Waals surface area contributed by atoms with Crippen molar-refractivity contribution in [3.8, 4) is 11.5 Å². The molecule has 0 spiro atoms. The van der Waals surface area contributed by atoms with Gasteiger partial charge in [0, 0.05) is 57.6 Å². The third-order valence-electron chi connectivity index (χ3n) is 7.68. The Morgan fingerprint density at radius 2 is 1.72 bits per heavy atom. The molecule has 0 saturated carbocycles. The van der Waals surface area contributed by atoms with Crippen molar-refractivity contribution in [1.82, 2.24) is 30.0 Å². The van der Waals surface area contributed by atoms with E-state index in [4.69, 9.17) is 9.15 Å². The molecule has 248 valence electrons. The summed E-state index contributed by atoms with van der Waals surface area (Å²) in [7, 11) is 3.23. The smallest absolute Gasteiger partial charge is 0.437 e. The minimum absolute atomic E-state index is 0.0940. The quantitative estimate of drug-likeness (QED) is 0.337. The average molecular weight is 636 g/mol. The summed E-state index contributed by atoms with van der Waals surface area (Å²) in [6, 6.07) is 13.3. The van der Waals surface area contributed by atoms with Crippen LogP contribution in [-0.4, -0.2) is 87.5 Å². The summed E-state index contributed by atoms with van der Waals surface area (Å²) in [4.78, 5) is 55.0. The van der Waals surface area contributed by atoms with Crippen LogP contribution in [-0.2, 0) is 34.5 Å².